The third-order valence-corrected chi connectivity index (χ3v) is 4.93. The average Bonchev–Trinajstić information content (AvgIpc) is 3.51. The van der Waals surface area contributed by atoms with Crippen molar-refractivity contribution in [3.63, 3.8) is 0 Å². The predicted octanol–water partition coefficient (Wildman–Crippen LogP) is 4.24. The van der Waals surface area contributed by atoms with E-state index in [4.69, 9.17) is 9.47 Å². The number of benzene rings is 1. The fraction of sp³-hybridized carbons (Fsp3) is 0.455. The van der Waals surface area contributed by atoms with Gasteiger partial charge in [-0.1, -0.05) is 17.9 Å². The van der Waals surface area contributed by atoms with Gasteiger partial charge >= 0.3 is 0 Å². The summed E-state index contributed by atoms with van der Waals surface area (Å²) in [6.45, 7) is 3.08. The van der Waals surface area contributed by atoms with Gasteiger partial charge in [0.25, 0.3) is 0 Å². The molecule has 0 amide bonds. The van der Waals surface area contributed by atoms with Gasteiger partial charge < -0.3 is 9.47 Å². The average molecular weight is 348 g/mol. The number of aromatic nitrogens is 2. The highest BCUT2D eigenvalue weighted by Crippen LogP contribution is 2.30. The zero-order chi connectivity index (χ0) is 17.8. The number of fused-ring (bicyclic) bond motifs is 1. The molecule has 1 aromatic carbocycles. The lowest BCUT2D eigenvalue weighted by Gasteiger charge is -2.19. The molecule has 1 aromatic heterocycles. The summed E-state index contributed by atoms with van der Waals surface area (Å²) in [5.41, 5.74) is 2.98. The van der Waals surface area contributed by atoms with Gasteiger partial charge in [0, 0.05) is 31.0 Å². The summed E-state index contributed by atoms with van der Waals surface area (Å²) in [6, 6.07) is 6.12. The molecule has 4 heteroatoms. The van der Waals surface area contributed by atoms with Crippen LogP contribution in [0.15, 0.2) is 36.9 Å². The summed E-state index contributed by atoms with van der Waals surface area (Å²) >= 11 is 0. The first-order valence-electron chi connectivity index (χ1n) is 9.44. The quantitative estimate of drug-likeness (QED) is 0.702. The summed E-state index contributed by atoms with van der Waals surface area (Å²) in [5, 5.41) is 0. The van der Waals surface area contributed by atoms with Gasteiger partial charge in [-0.3, -0.25) is 0 Å². The molecule has 0 N–H and O–H groups in total. The van der Waals surface area contributed by atoms with Crippen molar-refractivity contribution in [1.29, 1.82) is 0 Å². The highest BCUT2D eigenvalue weighted by Gasteiger charge is 2.23. The van der Waals surface area contributed by atoms with Crippen LogP contribution >= 0.6 is 0 Å². The van der Waals surface area contributed by atoms with Gasteiger partial charge in [0.1, 0.15) is 18.2 Å². The summed E-state index contributed by atoms with van der Waals surface area (Å²) in [6.07, 6.45) is 11.0. The molecule has 4 nitrogen and oxygen atoms in total. The lowest BCUT2D eigenvalue weighted by molar-refractivity contribution is 0.0432. The Kier molecular flexibility index (Phi) is 5.17. The van der Waals surface area contributed by atoms with Crippen LogP contribution in [0.3, 0.4) is 0 Å². The van der Waals surface area contributed by atoms with Gasteiger partial charge in [-0.15, -0.1) is 0 Å². The van der Waals surface area contributed by atoms with Crippen molar-refractivity contribution in [1.82, 2.24) is 9.97 Å². The monoisotopic (exact) mass is 348 g/mol. The molecule has 2 aliphatic rings. The van der Waals surface area contributed by atoms with Gasteiger partial charge in [0.05, 0.1) is 11.7 Å². The second kappa shape index (κ2) is 7.88. The van der Waals surface area contributed by atoms with Crippen LogP contribution in [-0.2, 0) is 4.74 Å². The predicted molar refractivity (Wildman–Crippen MR) is 101 cm³/mol. The van der Waals surface area contributed by atoms with E-state index in [-0.39, 0.29) is 12.2 Å². The summed E-state index contributed by atoms with van der Waals surface area (Å²) < 4.78 is 12.1. The second-order valence-electron chi connectivity index (χ2n) is 7.25. The van der Waals surface area contributed by atoms with Gasteiger partial charge in [-0.25, -0.2) is 9.97 Å². The van der Waals surface area contributed by atoms with Crippen LogP contribution in [-0.4, -0.2) is 28.8 Å². The molecule has 1 fully saturated rings. The van der Waals surface area contributed by atoms with Crippen LogP contribution in [0.2, 0.25) is 0 Å². The van der Waals surface area contributed by atoms with E-state index in [1.807, 2.05) is 24.5 Å². The highest BCUT2D eigenvalue weighted by atomic mass is 16.5. The highest BCUT2D eigenvalue weighted by molar-refractivity contribution is 5.66. The van der Waals surface area contributed by atoms with E-state index < -0.39 is 0 Å². The maximum absolute atomic E-state index is 6.22. The number of nitrogens with zero attached hydrogens (tertiary/aromatic N) is 2. The van der Waals surface area contributed by atoms with Crippen molar-refractivity contribution in [3.05, 3.63) is 42.5 Å². The summed E-state index contributed by atoms with van der Waals surface area (Å²) in [5.74, 6) is 8.20. The Morgan fingerprint density at radius 3 is 2.88 bits per heavy atom. The maximum Gasteiger partial charge on any atom is 0.135 e. The normalized spacial score (nSPS) is 19.5. The van der Waals surface area contributed by atoms with E-state index in [9.17, 15) is 0 Å². The van der Waals surface area contributed by atoms with E-state index in [0.717, 1.165) is 54.2 Å². The molecule has 26 heavy (non-hydrogen) atoms. The van der Waals surface area contributed by atoms with Gasteiger partial charge in [-0.05, 0) is 56.2 Å². The zero-order valence-corrected chi connectivity index (χ0v) is 15.1. The molecule has 0 spiro atoms. The van der Waals surface area contributed by atoms with E-state index in [0.29, 0.717) is 0 Å². The van der Waals surface area contributed by atoms with E-state index in [1.165, 1.54) is 19.2 Å². The smallest absolute Gasteiger partial charge is 0.135 e. The topological polar surface area (TPSA) is 44.2 Å². The van der Waals surface area contributed by atoms with Crippen LogP contribution in [0.1, 0.15) is 44.6 Å². The molecule has 0 saturated heterocycles. The Bertz CT molecular complexity index is 806. The molecule has 0 bridgehead atoms. The molecule has 1 saturated carbocycles. The van der Waals surface area contributed by atoms with Crippen molar-refractivity contribution in [2.45, 2.75) is 51.2 Å². The molecule has 0 radical (unpaired) electrons. The van der Waals surface area contributed by atoms with Crippen LogP contribution in [0, 0.1) is 17.8 Å². The first-order valence-corrected chi connectivity index (χ1v) is 9.44. The van der Waals surface area contributed by atoms with Crippen LogP contribution in [0.25, 0.3) is 11.1 Å². The number of hydrogen-bond acceptors (Lipinski definition) is 4. The lowest BCUT2D eigenvalue weighted by Crippen LogP contribution is -2.19. The van der Waals surface area contributed by atoms with Crippen LogP contribution in [0.4, 0.5) is 0 Å². The second-order valence-corrected chi connectivity index (χ2v) is 7.25. The maximum atomic E-state index is 6.22. The molecule has 4 rings (SSSR count). The number of hydrogen-bond donors (Lipinski definition) is 0. The molecular weight excluding hydrogens is 324 g/mol. The third kappa shape index (κ3) is 4.42. The Balaban J connectivity index is 1.37. The zero-order valence-electron chi connectivity index (χ0n) is 15.1. The largest absolute Gasteiger partial charge is 0.488 e. The standard InChI is InChI=1S/C22H24N2O2/c1-16(25-14-17-6-7-17)5-9-21-4-2-3-19-11-18(8-10-22(19)26-21)20-12-23-15-24-13-20/h8,10-13,15-17,21H,4-7,9,14H2,1H3. The minimum atomic E-state index is 0.127. The van der Waals surface area contributed by atoms with Crippen LogP contribution in [0.5, 0.6) is 5.75 Å². The molecule has 2 unspecified atom stereocenters. The minimum Gasteiger partial charge on any atom is -0.488 e. The van der Waals surface area contributed by atoms with Crippen molar-refractivity contribution < 1.29 is 9.47 Å². The van der Waals surface area contributed by atoms with Crippen molar-refractivity contribution in [2.75, 3.05) is 6.61 Å². The molecular formula is C22H24N2O2. The van der Waals surface area contributed by atoms with Gasteiger partial charge in [-0.2, -0.15) is 0 Å². The fourth-order valence-electron chi connectivity index (χ4n) is 3.09. The summed E-state index contributed by atoms with van der Waals surface area (Å²) in [4.78, 5) is 8.17. The Hall–Kier alpha value is -2.38. The van der Waals surface area contributed by atoms with E-state index in [2.05, 4.69) is 34.8 Å². The number of rotatable bonds is 7. The minimum absolute atomic E-state index is 0.127. The van der Waals surface area contributed by atoms with Crippen molar-refractivity contribution in [3.8, 4) is 28.7 Å². The molecule has 2 atom stereocenters. The lowest BCUT2D eigenvalue weighted by atomic mass is 10.1. The van der Waals surface area contributed by atoms with Crippen LogP contribution < -0.4 is 4.74 Å². The third-order valence-electron chi connectivity index (χ3n) is 4.93. The molecule has 134 valence electrons. The van der Waals surface area contributed by atoms with Crippen molar-refractivity contribution >= 4 is 0 Å². The SMILES string of the molecule is CC(CCC1CC#Cc2cc(-c3cncnc3)ccc2O1)OCC1CC1. The first-order chi connectivity index (χ1) is 12.8. The molecule has 1 aliphatic heterocycles. The number of ether oxygens (including phenoxy) is 2. The molecule has 2 aromatic rings. The van der Waals surface area contributed by atoms with Crippen molar-refractivity contribution in [2.24, 2.45) is 5.92 Å². The van der Waals surface area contributed by atoms with Gasteiger partial charge in [0.2, 0.25) is 0 Å². The Labute approximate surface area is 155 Å². The van der Waals surface area contributed by atoms with E-state index in [1.54, 1.807) is 0 Å². The molecule has 2 heterocycles. The first kappa shape index (κ1) is 17.1. The fourth-order valence-corrected chi connectivity index (χ4v) is 3.09. The Morgan fingerprint density at radius 1 is 1.23 bits per heavy atom. The summed E-state index contributed by atoms with van der Waals surface area (Å²) in [7, 11) is 0. The van der Waals surface area contributed by atoms with E-state index >= 15 is 0 Å². The Morgan fingerprint density at radius 2 is 2.08 bits per heavy atom. The molecule has 1 aliphatic carbocycles. The van der Waals surface area contributed by atoms with Gasteiger partial charge in [0.15, 0.2) is 0 Å².